The molecule has 2 N–H and O–H groups in total. The summed E-state index contributed by atoms with van der Waals surface area (Å²) in [5, 5.41) is 0. The highest BCUT2D eigenvalue weighted by Crippen LogP contribution is 2.18. The van der Waals surface area contributed by atoms with Gasteiger partial charge in [0.2, 0.25) is 5.91 Å². The van der Waals surface area contributed by atoms with E-state index in [1.807, 2.05) is 11.8 Å². The predicted octanol–water partition coefficient (Wildman–Crippen LogP) is -0.0456. The van der Waals surface area contributed by atoms with Gasteiger partial charge >= 0.3 is 0 Å². The van der Waals surface area contributed by atoms with Crippen molar-refractivity contribution in [3.8, 4) is 0 Å². The molecule has 1 saturated heterocycles. The van der Waals surface area contributed by atoms with E-state index in [1.54, 1.807) is 6.92 Å². The lowest BCUT2D eigenvalue weighted by molar-refractivity contribution is -0.137. The molecule has 0 aromatic rings. The number of rotatable bonds is 1. The maximum Gasteiger partial charge on any atom is 0.219 e. The topological polar surface area (TPSA) is 46.3 Å². The fraction of sp³-hybridized carbons (Fsp3) is 0.857. The van der Waals surface area contributed by atoms with Crippen LogP contribution in [0, 0.1) is 0 Å². The zero-order valence-corrected chi connectivity index (χ0v) is 6.50. The molecule has 0 aromatic heterocycles. The van der Waals surface area contributed by atoms with Gasteiger partial charge in [-0.15, -0.1) is 0 Å². The lowest BCUT2D eigenvalue weighted by atomic mass is 9.97. The van der Waals surface area contributed by atoms with E-state index >= 15 is 0 Å². The Morgan fingerprint density at radius 2 is 2.40 bits per heavy atom. The number of carbonyl (C=O) groups is 1. The van der Waals surface area contributed by atoms with Crippen LogP contribution in [0.25, 0.3) is 0 Å². The third-order valence-electron chi connectivity index (χ3n) is 2.08. The van der Waals surface area contributed by atoms with Crippen LogP contribution >= 0.6 is 0 Å². The van der Waals surface area contributed by atoms with E-state index in [0.29, 0.717) is 6.04 Å². The molecule has 58 valence electrons. The first-order chi connectivity index (χ1) is 4.63. The van der Waals surface area contributed by atoms with Gasteiger partial charge < -0.3 is 10.6 Å². The average molecular weight is 142 g/mol. The van der Waals surface area contributed by atoms with Crippen LogP contribution in [0.1, 0.15) is 20.3 Å². The van der Waals surface area contributed by atoms with E-state index in [4.69, 9.17) is 5.73 Å². The van der Waals surface area contributed by atoms with Crippen molar-refractivity contribution in [2.24, 2.45) is 5.73 Å². The van der Waals surface area contributed by atoms with E-state index in [-0.39, 0.29) is 11.9 Å². The molecule has 1 aliphatic heterocycles. The summed E-state index contributed by atoms with van der Waals surface area (Å²) in [5.41, 5.74) is 5.63. The van der Waals surface area contributed by atoms with Crippen LogP contribution < -0.4 is 5.73 Å². The largest absolute Gasteiger partial charge is 0.338 e. The number of hydrogen-bond acceptors (Lipinski definition) is 2. The molecular formula is C7H14N2O. The monoisotopic (exact) mass is 142 g/mol. The van der Waals surface area contributed by atoms with Gasteiger partial charge in [-0.2, -0.15) is 0 Å². The Morgan fingerprint density at radius 1 is 1.80 bits per heavy atom. The summed E-state index contributed by atoms with van der Waals surface area (Å²) in [7, 11) is 0. The number of hydrogen-bond donors (Lipinski definition) is 1. The van der Waals surface area contributed by atoms with Crippen LogP contribution in [-0.2, 0) is 4.79 Å². The van der Waals surface area contributed by atoms with Crippen LogP contribution in [0.5, 0.6) is 0 Å². The first kappa shape index (κ1) is 7.54. The van der Waals surface area contributed by atoms with Crippen molar-refractivity contribution in [3.63, 3.8) is 0 Å². The second kappa shape index (κ2) is 2.58. The molecule has 1 fully saturated rings. The van der Waals surface area contributed by atoms with Crippen molar-refractivity contribution in [1.29, 1.82) is 0 Å². The third-order valence-corrected chi connectivity index (χ3v) is 2.08. The molecule has 1 rings (SSSR count). The summed E-state index contributed by atoms with van der Waals surface area (Å²) in [5.74, 6) is 0.147. The standard InChI is InChI=1S/C7H14N2O/c1-5(8)7-3-4-9(7)6(2)10/h5,7H,3-4,8H2,1-2H3. The predicted molar refractivity (Wildman–Crippen MR) is 39.4 cm³/mol. The Balaban J connectivity index is 2.43. The maximum absolute atomic E-state index is 10.8. The molecule has 0 aromatic carbocycles. The van der Waals surface area contributed by atoms with Crippen molar-refractivity contribution >= 4 is 5.91 Å². The fourth-order valence-corrected chi connectivity index (χ4v) is 1.34. The van der Waals surface area contributed by atoms with Gasteiger partial charge in [0.1, 0.15) is 0 Å². The number of nitrogens with zero attached hydrogens (tertiary/aromatic N) is 1. The lowest BCUT2D eigenvalue weighted by Crippen LogP contribution is -2.57. The Morgan fingerprint density at radius 3 is 2.50 bits per heavy atom. The molecule has 2 atom stereocenters. The van der Waals surface area contributed by atoms with E-state index in [9.17, 15) is 4.79 Å². The summed E-state index contributed by atoms with van der Waals surface area (Å²) >= 11 is 0. The van der Waals surface area contributed by atoms with Crippen molar-refractivity contribution in [3.05, 3.63) is 0 Å². The fourth-order valence-electron chi connectivity index (χ4n) is 1.34. The Kier molecular flexibility index (Phi) is 1.94. The summed E-state index contributed by atoms with van der Waals surface area (Å²) in [6.07, 6.45) is 1.07. The minimum absolute atomic E-state index is 0.123. The van der Waals surface area contributed by atoms with Gasteiger partial charge in [-0.3, -0.25) is 4.79 Å². The van der Waals surface area contributed by atoms with Crippen molar-refractivity contribution in [2.75, 3.05) is 6.54 Å². The molecule has 0 spiro atoms. The minimum atomic E-state index is 0.123. The molecule has 3 nitrogen and oxygen atoms in total. The van der Waals surface area contributed by atoms with Crippen LogP contribution in [0.2, 0.25) is 0 Å². The second-order valence-corrected chi connectivity index (χ2v) is 2.93. The first-order valence-corrected chi connectivity index (χ1v) is 3.65. The highest BCUT2D eigenvalue weighted by atomic mass is 16.2. The van der Waals surface area contributed by atoms with Gasteiger partial charge in [0.25, 0.3) is 0 Å². The number of carbonyl (C=O) groups excluding carboxylic acids is 1. The molecule has 2 unspecified atom stereocenters. The molecule has 0 radical (unpaired) electrons. The number of nitrogens with two attached hydrogens (primary N) is 1. The molecule has 0 aliphatic carbocycles. The van der Waals surface area contributed by atoms with Gasteiger partial charge in [-0.1, -0.05) is 0 Å². The van der Waals surface area contributed by atoms with Gasteiger partial charge in [0.05, 0.1) is 0 Å². The molecule has 0 saturated carbocycles. The highest BCUT2D eigenvalue weighted by molar-refractivity contribution is 5.74. The normalized spacial score (nSPS) is 27.5. The van der Waals surface area contributed by atoms with Gasteiger partial charge in [0, 0.05) is 25.6 Å². The third kappa shape index (κ3) is 1.14. The van der Waals surface area contributed by atoms with Crippen molar-refractivity contribution in [2.45, 2.75) is 32.4 Å². The highest BCUT2D eigenvalue weighted by Gasteiger charge is 2.32. The van der Waals surface area contributed by atoms with Crippen LogP contribution in [-0.4, -0.2) is 29.4 Å². The summed E-state index contributed by atoms with van der Waals surface area (Å²) < 4.78 is 0. The lowest BCUT2D eigenvalue weighted by Gasteiger charge is -2.42. The Hall–Kier alpha value is -0.570. The number of likely N-dealkylation sites (tertiary alicyclic amines) is 1. The SMILES string of the molecule is CC(=O)N1CCC1C(C)N. The minimum Gasteiger partial charge on any atom is -0.338 e. The number of amides is 1. The molecule has 1 aliphatic rings. The molecule has 3 heteroatoms. The molecule has 0 bridgehead atoms. The Labute approximate surface area is 61.2 Å². The van der Waals surface area contributed by atoms with E-state index in [1.165, 1.54) is 0 Å². The zero-order valence-electron chi connectivity index (χ0n) is 6.50. The summed E-state index contributed by atoms with van der Waals surface area (Å²) in [6.45, 7) is 4.43. The molecule has 1 amide bonds. The zero-order chi connectivity index (χ0) is 7.72. The quantitative estimate of drug-likeness (QED) is 0.558. The smallest absolute Gasteiger partial charge is 0.219 e. The van der Waals surface area contributed by atoms with Crippen molar-refractivity contribution < 1.29 is 4.79 Å². The van der Waals surface area contributed by atoms with E-state index in [0.717, 1.165) is 13.0 Å². The first-order valence-electron chi connectivity index (χ1n) is 3.65. The van der Waals surface area contributed by atoms with Gasteiger partial charge in [0.15, 0.2) is 0 Å². The second-order valence-electron chi connectivity index (χ2n) is 2.93. The molecule has 1 heterocycles. The van der Waals surface area contributed by atoms with Gasteiger partial charge in [-0.25, -0.2) is 0 Å². The van der Waals surface area contributed by atoms with Crippen LogP contribution in [0.4, 0.5) is 0 Å². The van der Waals surface area contributed by atoms with Crippen LogP contribution in [0.3, 0.4) is 0 Å². The van der Waals surface area contributed by atoms with Gasteiger partial charge in [-0.05, 0) is 13.3 Å². The molecule has 10 heavy (non-hydrogen) atoms. The average Bonchev–Trinajstić information content (AvgIpc) is 1.56. The maximum atomic E-state index is 10.8. The van der Waals surface area contributed by atoms with E-state index < -0.39 is 0 Å². The van der Waals surface area contributed by atoms with Crippen molar-refractivity contribution in [1.82, 2.24) is 4.90 Å². The summed E-state index contributed by atoms with van der Waals surface area (Å²) in [6, 6.07) is 0.426. The Bertz CT molecular complexity index is 145. The molecular weight excluding hydrogens is 128 g/mol. The van der Waals surface area contributed by atoms with E-state index in [2.05, 4.69) is 0 Å². The summed E-state index contributed by atoms with van der Waals surface area (Å²) in [4.78, 5) is 12.6. The van der Waals surface area contributed by atoms with Crippen LogP contribution in [0.15, 0.2) is 0 Å².